The van der Waals surface area contributed by atoms with E-state index >= 15 is 0 Å². The molecule has 2 aromatic carbocycles. The van der Waals surface area contributed by atoms with E-state index < -0.39 is 12.2 Å². The number of hydrogen-bond donors (Lipinski definition) is 2. The van der Waals surface area contributed by atoms with Crippen LogP contribution in [0.5, 0.6) is 0 Å². The molecule has 1 aliphatic carbocycles. The van der Waals surface area contributed by atoms with Gasteiger partial charge in [0.25, 0.3) is 0 Å². The molecular formula is C14H10Br2O2. The lowest BCUT2D eigenvalue weighted by Crippen LogP contribution is -2.18. The van der Waals surface area contributed by atoms with Crippen LogP contribution in [0.4, 0.5) is 0 Å². The number of benzene rings is 2. The quantitative estimate of drug-likeness (QED) is 0.737. The molecule has 0 fully saturated rings. The topological polar surface area (TPSA) is 40.5 Å². The van der Waals surface area contributed by atoms with Crippen molar-refractivity contribution in [3.63, 3.8) is 0 Å². The van der Waals surface area contributed by atoms with Crippen LogP contribution in [0.25, 0.3) is 11.1 Å². The molecule has 92 valence electrons. The SMILES string of the molecule is O[C@@H]1c2c(Br)cccc2-c2cccc(Br)c2[C@H]1O. The van der Waals surface area contributed by atoms with Crippen molar-refractivity contribution in [1.82, 2.24) is 0 Å². The summed E-state index contributed by atoms with van der Waals surface area (Å²) >= 11 is 6.87. The standard InChI is InChI=1S/C14H10Br2O2/c15-9-5-1-3-7-8-4-2-6-10(16)12(8)14(18)13(17)11(7)9/h1-6,13-14,17-18H/t13-,14-/m1/s1. The molecule has 0 aliphatic heterocycles. The van der Waals surface area contributed by atoms with Crippen molar-refractivity contribution in [2.24, 2.45) is 0 Å². The predicted octanol–water partition coefficient (Wildman–Crippen LogP) is 3.96. The van der Waals surface area contributed by atoms with Gasteiger partial charge in [-0.05, 0) is 23.3 Å². The van der Waals surface area contributed by atoms with E-state index in [1.807, 2.05) is 36.4 Å². The summed E-state index contributed by atoms with van der Waals surface area (Å²) in [4.78, 5) is 0. The van der Waals surface area contributed by atoms with Gasteiger partial charge in [0, 0.05) is 20.1 Å². The third kappa shape index (κ3) is 1.67. The second kappa shape index (κ2) is 4.46. The van der Waals surface area contributed by atoms with E-state index in [2.05, 4.69) is 31.9 Å². The Kier molecular flexibility index (Phi) is 3.06. The molecular weight excluding hydrogens is 360 g/mol. The third-order valence-corrected chi connectivity index (χ3v) is 4.67. The summed E-state index contributed by atoms with van der Waals surface area (Å²) < 4.78 is 1.63. The largest absolute Gasteiger partial charge is 0.385 e. The van der Waals surface area contributed by atoms with E-state index in [1.54, 1.807) is 0 Å². The average molecular weight is 370 g/mol. The number of rotatable bonds is 0. The smallest absolute Gasteiger partial charge is 0.111 e. The molecule has 0 saturated carbocycles. The van der Waals surface area contributed by atoms with Crippen LogP contribution >= 0.6 is 31.9 Å². The summed E-state index contributed by atoms with van der Waals surface area (Å²) in [6.45, 7) is 0. The fraction of sp³-hybridized carbons (Fsp3) is 0.143. The maximum atomic E-state index is 10.3. The first-order valence-electron chi connectivity index (χ1n) is 5.54. The van der Waals surface area contributed by atoms with Crippen molar-refractivity contribution in [3.8, 4) is 11.1 Å². The van der Waals surface area contributed by atoms with Crippen molar-refractivity contribution in [3.05, 3.63) is 56.5 Å². The van der Waals surface area contributed by atoms with Gasteiger partial charge >= 0.3 is 0 Å². The Balaban J connectivity index is 2.39. The van der Waals surface area contributed by atoms with Gasteiger partial charge in [0.2, 0.25) is 0 Å². The lowest BCUT2D eigenvalue weighted by atomic mass is 9.82. The molecule has 4 heteroatoms. The van der Waals surface area contributed by atoms with E-state index in [4.69, 9.17) is 0 Å². The van der Waals surface area contributed by atoms with Crippen molar-refractivity contribution in [1.29, 1.82) is 0 Å². The Morgan fingerprint density at radius 1 is 0.722 bits per heavy atom. The Hall–Kier alpha value is -0.680. The zero-order valence-corrected chi connectivity index (χ0v) is 12.4. The van der Waals surface area contributed by atoms with Gasteiger partial charge in [0.15, 0.2) is 0 Å². The van der Waals surface area contributed by atoms with E-state index in [0.717, 1.165) is 31.2 Å². The van der Waals surface area contributed by atoms with Crippen LogP contribution < -0.4 is 0 Å². The predicted molar refractivity (Wildman–Crippen MR) is 77.2 cm³/mol. The molecule has 1 aliphatic rings. The van der Waals surface area contributed by atoms with Crippen LogP contribution in [-0.2, 0) is 0 Å². The zero-order chi connectivity index (χ0) is 12.9. The van der Waals surface area contributed by atoms with Gasteiger partial charge < -0.3 is 10.2 Å². The highest BCUT2D eigenvalue weighted by Gasteiger charge is 2.33. The van der Waals surface area contributed by atoms with Crippen molar-refractivity contribution < 1.29 is 10.2 Å². The second-order valence-electron chi connectivity index (χ2n) is 4.29. The van der Waals surface area contributed by atoms with Crippen LogP contribution in [0.2, 0.25) is 0 Å². The monoisotopic (exact) mass is 368 g/mol. The van der Waals surface area contributed by atoms with Crippen LogP contribution in [-0.4, -0.2) is 10.2 Å². The van der Waals surface area contributed by atoms with Gasteiger partial charge in [-0.2, -0.15) is 0 Å². The summed E-state index contributed by atoms with van der Waals surface area (Å²) in [5, 5.41) is 20.6. The maximum absolute atomic E-state index is 10.3. The maximum Gasteiger partial charge on any atom is 0.111 e. The molecule has 0 bridgehead atoms. The highest BCUT2D eigenvalue weighted by molar-refractivity contribution is 9.10. The van der Waals surface area contributed by atoms with Crippen molar-refractivity contribution in [2.45, 2.75) is 12.2 Å². The fourth-order valence-corrected chi connectivity index (χ4v) is 3.66. The third-order valence-electron chi connectivity index (χ3n) is 3.29. The fourth-order valence-electron chi connectivity index (χ4n) is 2.46. The van der Waals surface area contributed by atoms with E-state index in [0.29, 0.717) is 0 Å². The second-order valence-corrected chi connectivity index (χ2v) is 6.00. The number of aliphatic hydroxyl groups is 2. The van der Waals surface area contributed by atoms with Crippen LogP contribution in [0.3, 0.4) is 0 Å². The van der Waals surface area contributed by atoms with Crippen LogP contribution in [0, 0.1) is 0 Å². The highest BCUT2D eigenvalue weighted by Crippen LogP contribution is 2.48. The Morgan fingerprint density at radius 2 is 1.11 bits per heavy atom. The van der Waals surface area contributed by atoms with Crippen LogP contribution in [0.1, 0.15) is 23.3 Å². The summed E-state index contributed by atoms with van der Waals surface area (Å²) in [5.41, 5.74) is 3.41. The molecule has 2 nitrogen and oxygen atoms in total. The molecule has 2 aromatic rings. The van der Waals surface area contributed by atoms with Crippen LogP contribution in [0.15, 0.2) is 45.3 Å². The van der Waals surface area contributed by atoms with Gasteiger partial charge in [-0.3, -0.25) is 0 Å². The van der Waals surface area contributed by atoms with Gasteiger partial charge in [-0.25, -0.2) is 0 Å². The summed E-state index contributed by atoms with van der Waals surface area (Å²) in [5.74, 6) is 0. The molecule has 0 aromatic heterocycles. The molecule has 0 heterocycles. The summed E-state index contributed by atoms with van der Waals surface area (Å²) in [6, 6.07) is 11.5. The molecule has 2 atom stereocenters. The molecule has 0 unspecified atom stereocenters. The number of hydrogen-bond acceptors (Lipinski definition) is 2. The lowest BCUT2D eigenvalue weighted by molar-refractivity contribution is 0.0149. The summed E-state index contributed by atoms with van der Waals surface area (Å²) in [7, 11) is 0. The molecule has 0 spiro atoms. The minimum Gasteiger partial charge on any atom is -0.385 e. The molecule has 3 rings (SSSR count). The first-order valence-corrected chi connectivity index (χ1v) is 7.13. The van der Waals surface area contributed by atoms with E-state index in [9.17, 15) is 10.2 Å². The Morgan fingerprint density at radius 3 is 1.50 bits per heavy atom. The van der Waals surface area contributed by atoms with Gasteiger partial charge in [-0.15, -0.1) is 0 Å². The first kappa shape index (κ1) is 12.4. The van der Waals surface area contributed by atoms with Gasteiger partial charge in [0.05, 0.1) is 0 Å². The number of aliphatic hydroxyl groups excluding tert-OH is 2. The molecule has 0 amide bonds. The van der Waals surface area contributed by atoms with E-state index in [1.165, 1.54) is 0 Å². The minimum absolute atomic E-state index is 0.746. The molecule has 0 saturated heterocycles. The highest BCUT2D eigenvalue weighted by atomic mass is 79.9. The van der Waals surface area contributed by atoms with Gasteiger partial charge in [0.1, 0.15) is 12.2 Å². The first-order chi connectivity index (χ1) is 8.61. The molecule has 18 heavy (non-hydrogen) atoms. The molecule has 2 N–H and O–H groups in total. The zero-order valence-electron chi connectivity index (χ0n) is 9.27. The Labute approximate surface area is 122 Å². The van der Waals surface area contributed by atoms with E-state index in [-0.39, 0.29) is 0 Å². The average Bonchev–Trinajstić information content (AvgIpc) is 2.35. The van der Waals surface area contributed by atoms with Gasteiger partial charge in [-0.1, -0.05) is 56.1 Å². The number of halogens is 2. The number of fused-ring (bicyclic) bond motifs is 3. The molecule has 0 radical (unpaired) electrons. The summed E-state index contributed by atoms with van der Waals surface area (Å²) in [6.07, 6.45) is -1.83. The van der Waals surface area contributed by atoms with Crippen molar-refractivity contribution in [2.75, 3.05) is 0 Å². The normalized spacial score (nSPS) is 21.3. The minimum atomic E-state index is -0.915. The lowest BCUT2D eigenvalue weighted by Gasteiger charge is -2.30. The Bertz CT molecular complexity index is 570. The van der Waals surface area contributed by atoms with Crippen molar-refractivity contribution >= 4 is 31.9 Å².